The van der Waals surface area contributed by atoms with E-state index in [9.17, 15) is 19.6 Å². The third-order valence-corrected chi connectivity index (χ3v) is 7.03. The molecule has 1 aromatic rings. The maximum atomic E-state index is 13.1. The van der Waals surface area contributed by atoms with Gasteiger partial charge in [-0.05, 0) is 30.7 Å². The predicted octanol–water partition coefficient (Wildman–Crippen LogP) is -0.239. The van der Waals surface area contributed by atoms with E-state index in [-0.39, 0.29) is 44.5 Å². The lowest BCUT2D eigenvalue weighted by Gasteiger charge is -2.36. The number of nitrogens with zero attached hydrogens (tertiary/aromatic N) is 4. The molecule has 0 saturated carbocycles. The van der Waals surface area contributed by atoms with Gasteiger partial charge in [0.05, 0.1) is 29.5 Å². The highest BCUT2D eigenvalue weighted by Gasteiger charge is 2.52. The van der Waals surface area contributed by atoms with Crippen molar-refractivity contribution in [2.75, 3.05) is 26.4 Å². The van der Waals surface area contributed by atoms with E-state index in [1.165, 1.54) is 11.3 Å². The maximum Gasteiger partial charge on any atom is 0.291 e. The van der Waals surface area contributed by atoms with Gasteiger partial charge in [0.25, 0.3) is 13.4 Å². The summed E-state index contributed by atoms with van der Waals surface area (Å²) < 4.78 is 5.33. The van der Waals surface area contributed by atoms with Crippen molar-refractivity contribution in [1.29, 1.82) is 5.26 Å². The number of hydrogen-bond donors (Lipinski definition) is 1. The summed E-state index contributed by atoms with van der Waals surface area (Å²) in [6.07, 6.45) is 2.04. The second-order valence-corrected chi connectivity index (χ2v) is 8.83. The Morgan fingerprint density at radius 1 is 1.43 bits per heavy atom. The molecule has 0 aliphatic carbocycles. The monoisotopic (exact) mass is 429 g/mol. The first-order chi connectivity index (χ1) is 14.5. The van der Waals surface area contributed by atoms with Crippen molar-refractivity contribution in [2.45, 2.75) is 43.2 Å². The van der Waals surface area contributed by atoms with Crippen LogP contribution < -0.4 is 5.73 Å². The lowest BCUT2D eigenvalue weighted by molar-refractivity contribution is -0.137. The van der Waals surface area contributed by atoms with Gasteiger partial charge < -0.3 is 25.1 Å². The Bertz CT molecular complexity index is 860. The first-order valence-corrected chi connectivity index (χ1v) is 11.1. The molecule has 0 aromatic carbocycles. The van der Waals surface area contributed by atoms with Crippen LogP contribution in [-0.2, 0) is 14.2 Å². The minimum Gasteiger partial charge on any atom is -0.427 e. The maximum absolute atomic E-state index is 13.1. The molecule has 3 fully saturated rings. The van der Waals surface area contributed by atoms with Gasteiger partial charge in [-0.25, -0.2) is 0 Å². The highest BCUT2D eigenvalue weighted by atomic mass is 32.1. The summed E-state index contributed by atoms with van der Waals surface area (Å²) in [6.45, 7) is 1.21. The fourth-order valence-corrected chi connectivity index (χ4v) is 5.38. The summed E-state index contributed by atoms with van der Waals surface area (Å²) in [7, 11) is 0.100. The Kier molecular flexibility index (Phi) is 6.08. The molecule has 0 unspecified atom stereocenters. The Morgan fingerprint density at radius 2 is 2.27 bits per heavy atom. The number of hydrogen-bond acceptors (Lipinski definition) is 7. The van der Waals surface area contributed by atoms with E-state index < -0.39 is 17.9 Å². The van der Waals surface area contributed by atoms with Gasteiger partial charge in [0.2, 0.25) is 11.8 Å². The van der Waals surface area contributed by atoms with Crippen LogP contribution in [0, 0.1) is 11.3 Å². The minimum atomic E-state index is -0.577. The SMILES string of the molecule is N#C[C@@H]1CCCN1C(=O)[C@@H](BOCN)CN1C(=O)[C@@H]2C[C@H]1CN2C(=O)c1cccs1. The van der Waals surface area contributed by atoms with Gasteiger partial charge in [-0.3, -0.25) is 14.4 Å². The van der Waals surface area contributed by atoms with Gasteiger partial charge in [0.1, 0.15) is 12.1 Å². The van der Waals surface area contributed by atoms with Crippen LogP contribution in [0.1, 0.15) is 28.9 Å². The molecule has 3 aliphatic rings. The number of nitrogens with two attached hydrogens (primary N) is 1. The highest BCUT2D eigenvalue weighted by Crippen LogP contribution is 2.35. The minimum absolute atomic E-state index is 0.0193. The zero-order valence-corrected chi connectivity index (χ0v) is 17.4. The molecule has 158 valence electrons. The van der Waals surface area contributed by atoms with Crippen LogP contribution in [0.2, 0.25) is 5.82 Å². The van der Waals surface area contributed by atoms with E-state index in [2.05, 4.69) is 6.07 Å². The molecule has 0 radical (unpaired) electrons. The third kappa shape index (κ3) is 3.71. The first kappa shape index (κ1) is 20.8. The van der Waals surface area contributed by atoms with Crippen molar-refractivity contribution in [3.63, 3.8) is 0 Å². The topological polar surface area (TPSA) is 120 Å². The third-order valence-electron chi connectivity index (χ3n) is 6.17. The molecule has 4 heterocycles. The molecular formula is C19H24BN5O4S. The second kappa shape index (κ2) is 8.75. The Hall–Kier alpha value is -2.42. The average Bonchev–Trinajstić information content (AvgIpc) is 3.54. The van der Waals surface area contributed by atoms with Crippen LogP contribution in [0.4, 0.5) is 0 Å². The number of rotatable bonds is 7. The zero-order chi connectivity index (χ0) is 21.3. The summed E-state index contributed by atoms with van der Waals surface area (Å²) in [5, 5.41) is 11.2. The standard InChI is InChI=1S/C19H24BN5O4S/c21-8-12-3-1-5-23(12)17(26)14(20-29-11-22)10-24-13-7-15(18(24)27)25(9-13)19(28)16-4-2-6-30-16/h2,4,6,12-15,20H,1,3,5,7,9-11,22H2/t12-,13-,14-,15-/m0/s1. The molecule has 0 spiro atoms. The van der Waals surface area contributed by atoms with Crippen LogP contribution in [0.5, 0.6) is 0 Å². The smallest absolute Gasteiger partial charge is 0.291 e. The summed E-state index contributed by atoms with van der Waals surface area (Å²) >= 11 is 1.37. The van der Waals surface area contributed by atoms with Crippen molar-refractivity contribution >= 4 is 36.5 Å². The van der Waals surface area contributed by atoms with E-state index >= 15 is 0 Å². The number of carbonyl (C=O) groups is 3. The molecule has 4 rings (SSSR count). The van der Waals surface area contributed by atoms with Gasteiger partial charge in [0.15, 0.2) is 0 Å². The van der Waals surface area contributed by atoms with Gasteiger partial charge in [0, 0.05) is 19.6 Å². The van der Waals surface area contributed by atoms with Gasteiger partial charge >= 0.3 is 0 Å². The molecular weight excluding hydrogens is 405 g/mol. The van der Waals surface area contributed by atoms with Gasteiger partial charge in [-0.15, -0.1) is 11.3 Å². The fraction of sp³-hybridized carbons (Fsp3) is 0.579. The summed E-state index contributed by atoms with van der Waals surface area (Å²) in [4.78, 5) is 44.4. The molecule has 30 heavy (non-hydrogen) atoms. The number of carbonyl (C=O) groups excluding carboxylic acids is 3. The van der Waals surface area contributed by atoms with E-state index in [0.717, 1.165) is 6.42 Å². The molecule has 11 heteroatoms. The molecule has 3 aliphatic heterocycles. The van der Waals surface area contributed by atoms with Crippen LogP contribution in [0.3, 0.4) is 0 Å². The first-order valence-electron chi connectivity index (χ1n) is 10.2. The Morgan fingerprint density at radius 3 is 2.93 bits per heavy atom. The molecule has 2 N–H and O–H groups in total. The molecule has 2 bridgehead atoms. The highest BCUT2D eigenvalue weighted by molar-refractivity contribution is 7.12. The largest absolute Gasteiger partial charge is 0.427 e. The summed E-state index contributed by atoms with van der Waals surface area (Å²) in [6, 6.07) is 4.76. The lowest BCUT2D eigenvalue weighted by Crippen LogP contribution is -2.54. The normalized spacial score (nSPS) is 26.2. The molecule has 4 atom stereocenters. The van der Waals surface area contributed by atoms with Crippen LogP contribution >= 0.6 is 11.3 Å². The van der Waals surface area contributed by atoms with E-state index in [1.807, 2.05) is 11.4 Å². The van der Waals surface area contributed by atoms with Crippen molar-refractivity contribution in [3.8, 4) is 6.07 Å². The fourth-order valence-electron chi connectivity index (χ4n) is 4.70. The quantitative estimate of drug-likeness (QED) is 0.472. The van der Waals surface area contributed by atoms with E-state index in [0.29, 0.717) is 30.8 Å². The zero-order valence-electron chi connectivity index (χ0n) is 16.6. The van der Waals surface area contributed by atoms with E-state index in [4.69, 9.17) is 10.4 Å². The van der Waals surface area contributed by atoms with E-state index in [1.54, 1.807) is 20.8 Å². The number of thiophene rings is 1. The number of amides is 3. The van der Waals surface area contributed by atoms with Gasteiger partial charge in [-0.1, -0.05) is 6.07 Å². The summed E-state index contributed by atoms with van der Waals surface area (Å²) in [5.41, 5.74) is 5.45. The molecule has 1 aromatic heterocycles. The van der Waals surface area contributed by atoms with Crippen molar-refractivity contribution in [2.24, 2.45) is 5.73 Å². The van der Waals surface area contributed by atoms with Crippen molar-refractivity contribution in [3.05, 3.63) is 22.4 Å². The van der Waals surface area contributed by atoms with Crippen molar-refractivity contribution < 1.29 is 19.0 Å². The summed E-state index contributed by atoms with van der Waals surface area (Å²) in [5.74, 6) is -0.986. The Labute approximate surface area is 179 Å². The number of piperazine rings is 1. The average molecular weight is 429 g/mol. The molecule has 3 amide bonds. The van der Waals surface area contributed by atoms with Crippen LogP contribution in [0.15, 0.2) is 17.5 Å². The lowest BCUT2D eigenvalue weighted by atomic mass is 9.78. The Balaban J connectivity index is 1.44. The second-order valence-electron chi connectivity index (χ2n) is 7.88. The van der Waals surface area contributed by atoms with Crippen LogP contribution in [-0.4, -0.2) is 84.4 Å². The van der Waals surface area contributed by atoms with Crippen LogP contribution in [0.25, 0.3) is 0 Å². The molecule has 9 nitrogen and oxygen atoms in total. The molecule has 3 saturated heterocycles. The van der Waals surface area contributed by atoms with Gasteiger partial charge in [-0.2, -0.15) is 5.26 Å². The number of fused-ring (bicyclic) bond motifs is 2. The number of nitriles is 1. The number of likely N-dealkylation sites (tertiary alicyclic amines) is 3. The predicted molar refractivity (Wildman–Crippen MR) is 111 cm³/mol. The van der Waals surface area contributed by atoms with Crippen molar-refractivity contribution in [1.82, 2.24) is 14.7 Å².